The van der Waals surface area contributed by atoms with Crippen molar-refractivity contribution in [3.8, 4) is 5.82 Å². The van der Waals surface area contributed by atoms with Crippen LogP contribution in [0.2, 0.25) is 5.28 Å². The Kier molecular flexibility index (Phi) is 2.22. The highest BCUT2D eigenvalue weighted by molar-refractivity contribution is 7.85. The van der Waals surface area contributed by atoms with E-state index in [0.29, 0.717) is 22.9 Å². The van der Waals surface area contributed by atoms with E-state index in [1.807, 2.05) is 0 Å². The highest BCUT2D eigenvalue weighted by Gasteiger charge is 2.26. The lowest BCUT2D eigenvalue weighted by atomic mass is 10.3. The van der Waals surface area contributed by atoms with E-state index in [1.54, 1.807) is 0 Å². The summed E-state index contributed by atoms with van der Waals surface area (Å²) in [6.07, 6.45) is 3.54. The Morgan fingerprint density at radius 1 is 1.44 bits per heavy atom. The fourth-order valence-corrected chi connectivity index (χ4v) is 3.14. The monoisotopic (exact) mass is 255 g/mol. The molecular weight excluding hydrogens is 250 g/mol. The first-order valence-electron chi connectivity index (χ1n) is 4.55. The molecule has 0 aliphatic carbocycles. The average Bonchev–Trinajstić information content (AvgIpc) is 2.87. The first-order chi connectivity index (χ1) is 7.75. The molecule has 0 saturated heterocycles. The summed E-state index contributed by atoms with van der Waals surface area (Å²) in [5.41, 5.74) is 0.740. The van der Waals surface area contributed by atoms with Crippen LogP contribution in [0, 0.1) is 0 Å². The summed E-state index contributed by atoms with van der Waals surface area (Å²) < 4.78 is 13.3. The van der Waals surface area contributed by atoms with Gasteiger partial charge in [0, 0.05) is 12.2 Å². The molecule has 0 fully saturated rings. The summed E-state index contributed by atoms with van der Waals surface area (Å²) in [6, 6.07) is 0. The molecule has 3 rings (SSSR count). The number of aromatic nitrogens is 5. The molecule has 8 heteroatoms. The third kappa shape index (κ3) is 1.43. The van der Waals surface area contributed by atoms with E-state index in [4.69, 9.17) is 11.6 Å². The van der Waals surface area contributed by atoms with Crippen LogP contribution in [0.5, 0.6) is 0 Å². The van der Waals surface area contributed by atoms with Crippen LogP contribution in [0.4, 0.5) is 0 Å². The topological polar surface area (TPSA) is 73.6 Å². The fraction of sp³-hybridized carbons (Fsp3) is 0.250. The predicted molar refractivity (Wildman–Crippen MR) is 56.9 cm³/mol. The minimum atomic E-state index is -1.07. The molecule has 0 bridgehead atoms. The van der Waals surface area contributed by atoms with Crippen LogP contribution in [0.15, 0.2) is 17.6 Å². The molecule has 0 aromatic carbocycles. The van der Waals surface area contributed by atoms with Gasteiger partial charge in [-0.25, -0.2) is 14.6 Å². The second kappa shape index (κ2) is 3.60. The molecule has 0 spiro atoms. The molecule has 6 nitrogen and oxygen atoms in total. The molecule has 16 heavy (non-hydrogen) atoms. The van der Waals surface area contributed by atoms with Crippen molar-refractivity contribution in [2.45, 2.75) is 11.3 Å². The van der Waals surface area contributed by atoms with Crippen LogP contribution >= 0.6 is 11.6 Å². The Balaban J connectivity index is 2.29. The van der Waals surface area contributed by atoms with E-state index in [2.05, 4.69) is 20.1 Å². The normalized spacial score (nSPS) is 18.7. The molecule has 0 saturated carbocycles. The maximum Gasteiger partial charge on any atom is 0.224 e. The van der Waals surface area contributed by atoms with Crippen LogP contribution in [0.25, 0.3) is 5.82 Å². The lowest BCUT2D eigenvalue weighted by molar-refractivity contribution is 0.683. The minimum Gasteiger partial charge on any atom is -0.254 e. The third-order valence-electron chi connectivity index (χ3n) is 2.28. The van der Waals surface area contributed by atoms with Gasteiger partial charge < -0.3 is 0 Å². The third-order valence-corrected chi connectivity index (χ3v) is 3.90. The quantitative estimate of drug-likeness (QED) is 0.689. The van der Waals surface area contributed by atoms with Gasteiger partial charge in [-0.2, -0.15) is 10.1 Å². The molecule has 0 N–H and O–H groups in total. The Hall–Kier alpha value is -1.34. The summed E-state index contributed by atoms with van der Waals surface area (Å²) >= 11 is 5.81. The summed E-state index contributed by atoms with van der Waals surface area (Å²) in [7, 11) is -1.07. The van der Waals surface area contributed by atoms with Crippen molar-refractivity contribution in [2.75, 3.05) is 5.75 Å². The second-order valence-electron chi connectivity index (χ2n) is 3.23. The molecule has 0 amide bonds. The van der Waals surface area contributed by atoms with Crippen molar-refractivity contribution in [1.29, 1.82) is 0 Å². The van der Waals surface area contributed by atoms with Crippen LogP contribution in [0.1, 0.15) is 5.69 Å². The summed E-state index contributed by atoms with van der Waals surface area (Å²) in [5, 5.41) is 4.10. The van der Waals surface area contributed by atoms with E-state index >= 15 is 0 Å². The van der Waals surface area contributed by atoms with Gasteiger partial charge in [0.1, 0.15) is 17.6 Å². The predicted octanol–water partition coefficient (Wildman–Crippen LogP) is 0.374. The SMILES string of the molecule is O=S1CCc2nc(Cl)nc(-n3cncn3)c21. The highest BCUT2D eigenvalue weighted by atomic mass is 35.5. The van der Waals surface area contributed by atoms with Gasteiger partial charge in [-0.15, -0.1) is 0 Å². The highest BCUT2D eigenvalue weighted by Crippen LogP contribution is 2.27. The summed E-state index contributed by atoms with van der Waals surface area (Å²) in [5.74, 6) is 1.02. The van der Waals surface area contributed by atoms with E-state index in [9.17, 15) is 4.21 Å². The molecule has 1 aliphatic rings. The molecule has 3 heterocycles. The van der Waals surface area contributed by atoms with Crippen molar-refractivity contribution in [1.82, 2.24) is 24.7 Å². The van der Waals surface area contributed by atoms with Gasteiger partial charge in [0.05, 0.1) is 16.5 Å². The molecule has 2 aromatic heterocycles. The standard InChI is InChI=1S/C8H6ClN5OS/c9-8-12-5-1-2-16(15)6(5)7(13-8)14-4-10-3-11-14/h3-4H,1-2H2. The van der Waals surface area contributed by atoms with Gasteiger partial charge >= 0.3 is 0 Å². The van der Waals surface area contributed by atoms with Gasteiger partial charge in [-0.3, -0.25) is 4.21 Å². The number of nitrogens with zero attached hydrogens (tertiary/aromatic N) is 5. The van der Waals surface area contributed by atoms with Crippen molar-refractivity contribution >= 4 is 22.4 Å². The Morgan fingerprint density at radius 2 is 2.31 bits per heavy atom. The van der Waals surface area contributed by atoms with E-state index < -0.39 is 10.8 Å². The van der Waals surface area contributed by atoms with Crippen molar-refractivity contribution < 1.29 is 4.21 Å². The van der Waals surface area contributed by atoms with E-state index in [0.717, 1.165) is 5.69 Å². The molecule has 82 valence electrons. The van der Waals surface area contributed by atoms with Crippen molar-refractivity contribution in [3.63, 3.8) is 0 Å². The summed E-state index contributed by atoms with van der Waals surface area (Å²) in [6.45, 7) is 0. The maximum atomic E-state index is 11.8. The molecule has 1 atom stereocenters. The van der Waals surface area contributed by atoms with Gasteiger partial charge in [0.2, 0.25) is 5.28 Å². The largest absolute Gasteiger partial charge is 0.254 e. The van der Waals surface area contributed by atoms with E-state index in [1.165, 1.54) is 17.3 Å². The number of rotatable bonds is 1. The Labute approximate surface area is 98.2 Å². The van der Waals surface area contributed by atoms with Gasteiger partial charge in [0.15, 0.2) is 5.82 Å². The second-order valence-corrected chi connectivity index (χ2v) is 5.08. The zero-order chi connectivity index (χ0) is 11.1. The molecule has 0 radical (unpaired) electrons. The lowest BCUT2D eigenvalue weighted by Crippen LogP contribution is -2.06. The van der Waals surface area contributed by atoms with Crippen LogP contribution < -0.4 is 0 Å². The number of hydrogen-bond donors (Lipinski definition) is 0. The molecule has 1 unspecified atom stereocenters. The zero-order valence-corrected chi connectivity index (χ0v) is 9.57. The zero-order valence-electron chi connectivity index (χ0n) is 8.00. The maximum absolute atomic E-state index is 11.8. The number of fused-ring (bicyclic) bond motifs is 1. The fourth-order valence-electron chi connectivity index (χ4n) is 1.62. The molecule has 2 aromatic rings. The smallest absolute Gasteiger partial charge is 0.224 e. The Morgan fingerprint density at radius 3 is 3.06 bits per heavy atom. The van der Waals surface area contributed by atoms with Gasteiger partial charge in [0.25, 0.3) is 0 Å². The van der Waals surface area contributed by atoms with E-state index in [-0.39, 0.29) is 5.28 Å². The van der Waals surface area contributed by atoms with Crippen LogP contribution in [-0.2, 0) is 17.2 Å². The van der Waals surface area contributed by atoms with Crippen LogP contribution in [0.3, 0.4) is 0 Å². The molecule has 1 aliphatic heterocycles. The lowest BCUT2D eigenvalue weighted by Gasteiger charge is -2.05. The average molecular weight is 256 g/mol. The Bertz CT molecular complexity index is 570. The number of hydrogen-bond acceptors (Lipinski definition) is 5. The van der Waals surface area contributed by atoms with Crippen molar-refractivity contribution in [2.24, 2.45) is 0 Å². The minimum absolute atomic E-state index is 0.142. The van der Waals surface area contributed by atoms with Gasteiger partial charge in [-0.1, -0.05) is 0 Å². The van der Waals surface area contributed by atoms with Crippen LogP contribution in [-0.4, -0.2) is 34.7 Å². The number of halogens is 1. The first kappa shape index (κ1) is 9.86. The van der Waals surface area contributed by atoms with Gasteiger partial charge in [-0.05, 0) is 11.6 Å². The molecular formula is C8H6ClN5OS. The first-order valence-corrected chi connectivity index (χ1v) is 6.25. The summed E-state index contributed by atoms with van der Waals surface area (Å²) in [4.78, 5) is 12.6. The van der Waals surface area contributed by atoms with Crippen molar-refractivity contribution in [3.05, 3.63) is 23.6 Å². The number of aryl methyl sites for hydroxylation is 1.